The summed E-state index contributed by atoms with van der Waals surface area (Å²) in [6.07, 6.45) is 3.75. The zero-order valence-corrected chi connectivity index (χ0v) is 18.1. The standard InChI is InChI=1S/C22H24N4O4S/c1-30-12-9-23-21(28)20-19(16-5-2-3-6-17(16)31-20)15-7-11-25(13-15)18(27)14-26-10-4-8-24-22(26)29/h2-6,8,10,15H,7,9,11-14H2,1H3,(H,23,28)/t15-/m0/s1. The lowest BCUT2D eigenvalue weighted by Gasteiger charge is -2.18. The van der Waals surface area contributed by atoms with E-state index in [0.717, 1.165) is 22.1 Å². The number of fused-ring (bicyclic) bond motifs is 1. The largest absolute Gasteiger partial charge is 0.383 e. The maximum Gasteiger partial charge on any atom is 0.347 e. The predicted molar refractivity (Wildman–Crippen MR) is 118 cm³/mol. The van der Waals surface area contributed by atoms with Gasteiger partial charge >= 0.3 is 5.69 Å². The van der Waals surface area contributed by atoms with Gasteiger partial charge in [-0.2, -0.15) is 0 Å². The molecule has 4 rings (SSSR count). The molecule has 3 aromatic rings. The lowest BCUT2D eigenvalue weighted by atomic mass is 9.95. The Morgan fingerprint density at radius 2 is 2.13 bits per heavy atom. The first-order valence-corrected chi connectivity index (χ1v) is 11.0. The van der Waals surface area contributed by atoms with Crippen molar-refractivity contribution in [3.05, 3.63) is 63.7 Å². The Balaban J connectivity index is 1.55. The van der Waals surface area contributed by atoms with Crippen molar-refractivity contribution in [1.29, 1.82) is 0 Å². The van der Waals surface area contributed by atoms with Gasteiger partial charge in [-0.25, -0.2) is 9.78 Å². The van der Waals surface area contributed by atoms with E-state index in [4.69, 9.17) is 4.74 Å². The summed E-state index contributed by atoms with van der Waals surface area (Å²) in [6, 6.07) is 9.62. The third kappa shape index (κ3) is 4.52. The fourth-order valence-electron chi connectivity index (χ4n) is 3.96. The first kappa shape index (κ1) is 21.2. The van der Waals surface area contributed by atoms with Gasteiger partial charge in [-0.1, -0.05) is 18.2 Å². The summed E-state index contributed by atoms with van der Waals surface area (Å²) in [5.74, 6) is -0.169. The minimum Gasteiger partial charge on any atom is -0.383 e. The average Bonchev–Trinajstić information content (AvgIpc) is 3.40. The number of carbonyl (C=O) groups excluding carboxylic acids is 2. The fraction of sp³-hybridized carbons (Fsp3) is 0.364. The molecule has 31 heavy (non-hydrogen) atoms. The van der Waals surface area contributed by atoms with Gasteiger partial charge in [0.15, 0.2) is 0 Å². The number of hydrogen-bond acceptors (Lipinski definition) is 6. The topological polar surface area (TPSA) is 93.5 Å². The Labute approximate surface area is 183 Å². The summed E-state index contributed by atoms with van der Waals surface area (Å²) < 4.78 is 7.40. The highest BCUT2D eigenvalue weighted by Crippen LogP contribution is 2.40. The zero-order chi connectivity index (χ0) is 21.8. The number of likely N-dealkylation sites (tertiary alicyclic amines) is 1. The number of carbonyl (C=O) groups is 2. The number of nitrogens with one attached hydrogen (secondary N) is 1. The van der Waals surface area contributed by atoms with Crippen molar-refractivity contribution < 1.29 is 14.3 Å². The molecule has 1 aliphatic rings. The number of thiophene rings is 1. The molecule has 8 nitrogen and oxygen atoms in total. The highest BCUT2D eigenvalue weighted by Gasteiger charge is 2.32. The van der Waals surface area contributed by atoms with Crippen LogP contribution in [0.4, 0.5) is 0 Å². The second-order valence-electron chi connectivity index (χ2n) is 7.45. The second kappa shape index (κ2) is 9.40. The van der Waals surface area contributed by atoms with E-state index in [9.17, 15) is 14.4 Å². The number of benzene rings is 1. The maximum absolute atomic E-state index is 12.9. The predicted octanol–water partition coefficient (Wildman–Crippen LogP) is 1.85. The third-order valence-corrected chi connectivity index (χ3v) is 6.65. The van der Waals surface area contributed by atoms with Crippen LogP contribution >= 0.6 is 11.3 Å². The number of rotatable bonds is 7. The molecule has 0 aliphatic carbocycles. The van der Waals surface area contributed by atoms with Crippen LogP contribution in [0.3, 0.4) is 0 Å². The Bertz CT molecular complexity index is 1160. The quantitative estimate of drug-likeness (QED) is 0.566. The average molecular weight is 441 g/mol. The highest BCUT2D eigenvalue weighted by atomic mass is 32.1. The lowest BCUT2D eigenvalue weighted by Crippen LogP contribution is -2.35. The van der Waals surface area contributed by atoms with E-state index in [1.807, 2.05) is 24.3 Å². The lowest BCUT2D eigenvalue weighted by molar-refractivity contribution is -0.130. The van der Waals surface area contributed by atoms with Crippen molar-refractivity contribution in [3.63, 3.8) is 0 Å². The van der Waals surface area contributed by atoms with Crippen molar-refractivity contribution in [2.24, 2.45) is 0 Å². The molecule has 162 valence electrons. The van der Waals surface area contributed by atoms with Crippen molar-refractivity contribution in [2.45, 2.75) is 18.9 Å². The molecule has 0 bridgehead atoms. The summed E-state index contributed by atoms with van der Waals surface area (Å²) in [4.78, 5) is 43.6. The van der Waals surface area contributed by atoms with Crippen LogP contribution in [-0.2, 0) is 16.1 Å². The van der Waals surface area contributed by atoms with Crippen LogP contribution in [0.5, 0.6) is 0 Å². The monoisotopic (exact) mass is 440 g/mol. The molecule has 1 aromatic carbocycles. The molecule has 1 fully saturated rings. The molecule has 2 aromatic heterocycles. The molecule has 0 spiro atoms. The van der Waals surface area contributed by atoms with Crippen molar-refractivity contribution >= 4 is 33.2 Å². The minimum atomic E-state index is -0.439. The summed E-state index contributed by atoms with van der Waals surface area (Å²) in [5, 5.41) is 3.98. The second-order valence-corrected chi connectivity index (χ2v) is 8.50. The van der Waals surface area contributed by atoms with Crippen LogP contribution in [0.15, 0.2) is 47.5 Å². The van der Waals surface area contributed by atoms with Crippen LogP contribution in [0.2, 0.25) is 0 Å². The minimum absolute atomic E-state index is 0.0336. The van der Waals surface area contributed by atoms with Crippen LogP contribution in [0.25, 0.3) is 10.1 Å². The number of amides is 2. The van der Waals surface area contributed by atoms with E-state index in [1.54, 1.807) is 24.3 Å². The van der Waals surface area contributed by atoms with Crippen molar-refractivity contribution in [1.82, 2.24) is 19.8 Å². The maximum atomic E-state index is 12.9. The molecular weight excluding hydrogens is 416 g/mol. The first-order chi connectivity index (χ1) is 15.1. The summed E-state index contributed by atoms with van der Waals surface area (Å²) in [7, 11) is 1.60. The Hall–Kier alpha value is -3.04. The molecule has 0 unspecified atom stereocenters. The smallest absolute Gasteiger partial charge is 0.347 e. The molecule has 1 saturated heterocycles. The molecule has 1 atom stereocenters. The van der Waals surface area contributed by atoms with Crippen molar-refractivity contribution in [3.8, 4) is 0 Å². The normalized spacial score (nSPS) is 16.0. The van der Waals surface area contributed by atoms with E-state index in [1.165, 1.54) is 22.1 Å². The van der Waals surface area contributed by atoms with E-state index < -0.39 is 5.69 Å². The molecule has 0 saturated carbocycles. The molecule has 9 heteroatoms. The Morgan fingerprint density at radius 3 is 2.94 bits per heavy atom. The molecule has 1 aliphatic heterocycles. The Kier molecular flexibility index (Phi) is 6.43. The first-order valence-electron chi connectivity index (χ1n) is 10.2. The van der Waals surface area contributed by atoms with E-state index in [0.29, 0.717) is 31.1 Å². The molecule has 3 heterocycles. The third-order valence-electron chi connectivity index (χ3n) is 5.47. The van der Waals surface area contributed by atoms with Gasteiger partial charge in [0.05, 0.1) is 11.5 Å². The van der Waals surface area contributed by atoms with Crippen LogP contribution in [0.1, 0.15) is 27.6 Å². The summed E-state index contributed by atoms with van der Waals surface area (Å²) in [5.41, 5.74) is 0.565. The number of aromatic nitrogens is 2. The van der Waals surface area contributed by atoms with E-state index in [-0.39, 0.29) is 24.3 Å². The van der Waals surface area contributed by atoms with Gasteiger partial charge in [-0.05, 0) is 29.5 Å². The number of methoxy groups -OCH3 is 1. The molecular formula is C22H24N4O4S. The van der Waals surface area contributed by atoms with Crippen LogP contribution in [-0.4, -0.2) is 59.6 Å². The van der Waals surface area contributed by atoms with Gasteiger partial charge in [0.2, 0.25) is 5.91 Å². The van der Waals surface area contributed by atoms with Gasteiger partial charge in [0.1, 0.15) is 6.54 Å². The molecule has 1 N–H and O–H groups in total. The van der Waals surface area contributed by atoms with E-state index >= 15 is 0 Å². The molecule has 0 radical (unpaired) electrons. The van der Waals surface area contributed by atoms with Gasteiger partial charge in [0, 0.05) is 49.8 Å². The number of nitrogens with zero attached hydrogens (tertiary/aromatic N) is 3. The van der Waals surface area contributed by atoms with E-state index in [2.05, 4.69) is 10.3 Å². The fourth-order valence-corrected chi connectivity index (χ4v) is 5.17. The zero-order valence-electron chi connectivity index (χ0n) is 17.2. The molecule has 2 amide bonds. The van der Waals surface area contributed by atoms with Crippen molar-refractivity contribution in [2.75, 3.05) is 33.4 Å². The van der Waals surface area contributed by atoms with Crippen LogP contribution < -0.4 is 11.0 Å². The SMILES string of the molecule is COCCNC(=O)c1sc2ccccc2c1[C@H]1CCN(C(=O)Cn2cccnc2=O)C1. The number of hydrogen-bond donors (Lipinski definition) is 1. The summed E-state index contributed by atoms with van der Waals surface area (Å²) in [6.45, 7) is 1.97. The summed E-state index contributed by atoms with van der Waals surface area (Å²) >= 11 is 1.48. The van der Waals surface area contributed by atoms with Gasteiger partial charge in [-0.3, -0.25) is 14.2 Å². The van der Waals surface area contributed by atoms with Gasteiger partial charge < -0.3 is 15.0 Å². The number of ether oxygens (including phenoxy) is 1. The van der Waals surface area contributed by atoms with Gasteiger partial charge in [0.25, 0.3) is 5.91 Å². The van der Waals surface area contributed by atoms with Gasteiger partial charge in [-0.15, -0.1) is 11.3 Å². The highest BCUT2D eigenvalue weighted by molar-refractivity contribution is 7.21. The van der Waals surface area contributed by atoms with Crippen LogP contribution in [0, 0.1) is 0 Å². The Morgan fingerprint density at radius 1 is 1.29 bits per heavy atom.